The SMILES string of the molecule is C[C@H](Oc1ccccc1-c1cc(F)c(S(=O)(=O)c2ccccc2F)c(F)c1)C(=O)O. The Morgan fingerprint density at radius 1 is 0.933 bits per heavy atom. The van der Waals surface area contributed by atoms with Crippen LogP contribution in [0.1, 0.15) is 6.92 Å². The predicted octanol–water partition coefficient (Wildman–Crippen LogP) is 4.46. The van der Waals surface area contributed by atoms with E-state index in [1.54, 1.807) is 0 Å². The van der Waals surface area contributed by atoms with Crippen molar-refractivity contribution in [2.45, 2.75) is 22.8 Å². The number of aliphatic carboxylic acids is 1. The second-order valence-corrected chi connectivity index (χ2v) is 8.15. The smallest absolute Gasteiger partial charge is 0.344 e. The molecule has 3 aromatic rings. The van der Waals surface area contributed by atoms with Gasteiger partial charge in [0.1, 0.15) is 33.0 Å². The van der Waals surface area contributed by atoms with Crippen LogP contribution in [0.15, 0.2) is 70.5 Å². The summed E-state index contributed by atoms with van der Waals surface area (Å²) in [5.74, 6) is -5.19. The second kappa shape index (κ2) is 8.19. The summed E-state index contributed by atoms with van der Waals surface area (Å²) in [4.78, 5) is 8.90. The molecule has 0 saturated carbocycles. The molecule has 156 valence electrons. The minimum absolute atomic E-state index is 0.0379. The van der Waals surface area contributed by atoms with Crippen LogP contribution >= 0.6 is 0 Å². The molecule has 30 heavy (non-hydrogen) atoms. The van der Waals surface area contributed by atoms with Crippen molar-refractivity contribution in [1.29, 1.82) is 0 Å². The molecule has 3 rings (SSSR count). The number of carboxylic acid groups (broad SMARTS) is 1. The van der Waals surface area contributed by atoms with Crippen LogP contribution in [0.2, 0.25) is 0 Å². The highest BCUT2D eigenvalue weighted by Crippen LogP contribution is 2.35. The highest BCUT2D eigenvalue weighted by atomic mass is 32.2. The van der Waals surface area contributed by atoms with Crippen LogP contribution in [0.5, 0.6) is 5.75 Å². The summed E-state index contributed by atoms with van der Waals surface area (Å²) in [5, 5.41) is 9.01. The topological polar surface area (TPSA) is 80.7 Å². The number of halogens is 3. The first-order valence-corrected chi connectivity index (χ1v) is 10.1. The van der Waals surface area contributed by atoms with Gasteiger partial charge in [0.25, 0.3) is 0 Å². The number of carboxylic acids is 1. The van der Waals surface area contributed by atoms with E-state index in [0.29, 0.717) is 0 Å². The molecule has 3 aromatic carbocycles. The third-order valence-electron chi connectivity index (χ3n) is 4.24. The highest BCUT2D eigenvalue weighted by Gasteiger charge is 2.29. The van der Waals surface area contributed by atoms with E-state index in [9.17, 15) is 26.4 Å². The van der Waals surface area contributed by atoms with Gasteiger partial charge in [-0.25, -0.2) is 26.4 Å². The molecule has 0 spiro atoms. The summed E-state index contributed by atoms with van der Waals surface area (Å²) in [7, 11) is -4.80. The Bertz CT molecular complexity index is 1200. The molecule has 0 aliphatic carbocycles. The number of hydrogen-bond donors (Lipinski definition) is 1. The third kappa shape index (κ3) is 4.02. The van der Waals surface area contributed by atoms with Crippen molar-refractivity contribution in [3.05, 3.63) is 78.1 Å². The van der Waals surface area contributed by atoms with Crippen LogP contribution in [0.3, 0.4) is 0 Å². The van der Waals surface area contributed by atoms with E-state index >= 15 is 0 Å². The highest BCUT2D eigenvalue weighted by molar-refractivity contribution is 7.91. The molecule has 0 fully saturated rings. The van der Waals surface area contributed by atoms with Crippen LogP contribution < -0.4 is 4.74 Å². The Labute approximate surface area is 170 Å². The van der Waals surface area contributed by atoms with E-state index in [1.165, 1.54) is 43.3 Å². The van der Waals surface area contributed by atoms with E-state index in [1.807, 2.05) is 0 Å². The Hall–Kier alpha value is -3.33. The van der Waals surface area contributed by atoms with Crippen molar-refractivity contribution in [3.63, 3.8) is 0 Å². The first-order chi connectivity index (χ1) is 14.1. The van der Waals surface area contributed by atoms with Gasteiger partial charge in [0.2, 0.25) is 9.84 Å². The van der Waals surface area contributed by atoms with Crippen LogP contribution in [0, 0.1) is 17.5 Å². The van der Waals surface area contributed by atoms with E-state index in [-0.39, 0.29) is 16.9 Å². The molecule has 0 bridgehead atoms. The fourth-order valence-corrected chi connectivity index (χ4v) is 4.23. The molecule has 0 aromatic heterocycles. The van der Waals surface area contributed by atoms with E-state index in [2.05, 4.69) is 0 Å². The summed E-state index contributed by atoms with van der Waals surface area (Å²) in [6.45, 7) is 1.28. The zero-order chi connectivity index (χ0) is 22.1. The average Bonchev–Trinajstić information content (AvgIpc) is 2.67. The van der Waals surface area contributed by atoms with Crippen LogP contribution in [0.25, 0.3) is 11.1 Å². The Morgan fingerprint density at radius 2 is 1.50 bits per heavy atom. The van der Waals surface area contributed by atoms with Crippen molar-refractivity contribution in [2.24, 2.45) is 0 Å². The summed E-state index contributed by atoms with van der Waals surface area (Å²) < 4.78 is 74.0. The molecule has 0 saturated heterocycles. The number of para-hydroxylation sites is 1. The first-order valence-electron chi connectivity index (χ1n) is 8.60. The largest absolute Gasteiger partial charge is 0.479 e. The van der Waals surface area contributed by atoms with Gasteiger partial charge in [-0.15, -0.1) is 0 Å². The van der Waals surface area contributed by atoms with Gasteiger partial charge >= 0.3 is 5.97 Å². The van der Waals surface area contributed by atoms with Gasteiger partial charge in [-0.2, -0.15) is 0 Å². The summed E-state index contributed by atoms with van der Waals surface area (Å²) in [6.07, 6.45) is -1.23. The van der Waals surface area contributed by atoms with Crippen molar-refractivity contribution in [2.75, 3.05) is 0 Å². The Morgan fingerprint density at radius 3 is 2.10 bits per heavy atom. The lowest BCUT2D eigenvalue weighted by Gasteiger charge is -2.15. The Kier molecular flexibility index (Phi) is 5.84. The zero-order valence-electron chi connectivity index (χ0n) is 15.5. The first kappa shape index (κ1) is 21.4. The van der Waals surface area contributed by atoms with E-state index in [4.69, 9.17) is 9.84 Å². The fourth-order valence-electron chi connectivity index (χ4n) is 2.79. The maximum atomic E-state index is 14.8. The summed E-state index contributed by atoms with van der Waals surface area (Å²) in [6, 6.07) is 11.7. The molecule has 0 amide bonds. The average molecular weight is 436 g/mol. The summed E-state index contributed by atoms with van der Waals surface area (Å²) >= 11 is 0. The lowest BCUT2D eigenvalue weighted by molar-refractivity contribution is -0.144. The van der Waals surface area contributed by atoms with Gasteiger partial charge in [-0.05, 0) is 42.8 Å². The monoisotopic (exact) mass is 436 g/mol. The van der Waals surface area contributed by atoms with Crippen LogP contribution in [0.4, 0.5) is 13.2 Å². The molecule has 0 heterocycles. The number of carbonyl (C=O) groups is 1. The van der Waals surface area contributed by atoms with Crippen molar-refractivity contribution in [3.8, 4) is 16.9 Å². The van der Waals surface area contributed by atoms with Gasteiger partial charge < -0.3 is 9.84 Å². The number of rotatable bonds is 6. The molecular formula is C21H15F3O5S. The second-order valence-electron chi connectivity index (χ2n) is 6.30. The quantitative estimate of drug-likeness (QED) is 0.617. The van der Waals surface area contributed by atoms with Gasteiger partial charge in [-0.3, -0.25) is 0 Å². The van der Waals surface area contributed by atoms with E-state index in [0.717, 1.165) is 24.3 Å². The maximum absolute atomic E-state index is 14.8. The lowest BCUT2D eigenvalue weighted by atomic mass is 10.0. The lowest BCUT2D eigenvalue weighted by Crippen LogP contribution is -2.23. The Balaban J connectivity index is 2.11. The molecule has 1 N–H and O–H groups in total. The molecule has 0 unspecified atom stereocenters. The van der Waals surface area contributed by atoms with Gasteiger partial charge in [0.05, 0.1) is 0 Å². The molecule has 0 aliphatic rings. The van der Waals surface area contributed by atoms with Gasteiger partial charge in [0, 0.05) is 5.56 Å². The molecule has 9 heteroatoms. The van der Waals surface area contributed by atoms with Gasteiger partial charge in [-0.1, -0.05) is 30.3 Å². The molecule has 5 nitrogen and oxygen atoms in total. The standard InChI is InChI=1S/C21H15F3O5S/c1-12(21(25)26)29-18-8-4-2-6-14(18)13-10-16(23)20(17(24)11-13)30(27,28)19-9-5-3-7-15(19)22/h2-12H,1H3,(H,25,26)/t12-/m0/s1. The van der Waals surface area contributed by atoms with Crippen molar-refractivity contribution in [1.82, 2.24) is 0 Å². The number of benzene rings is 3. The third-order valence-corrected chi connectivity index (χ3v) is 6.08. The number of hydrogen-bond acceptors (Lipinski definition) is 4. The van der Waals surface area contributed by atoms with Crippen molar-refractivity contribution < 1.29 is 36.2 Å². The number of ether oxygens (including phenoxy) is 1. The minimum atomic E-state index is -4.80. The van der Waals surface area contributed by atoms with E-state index < -0.39 is 49.2 Å². The number of sulfone groups is 1. The van der Waals surface area contributed by atoms with Crippen molar-refractivity contribution >= 4 is 15.8 Å². The molecular weight excluding hydrogens is 421 g/mol. The predicted molar refractivity (Wildman–Crippen MR) is 101 cm³/mol. The summed E-state index contributed by atoms with van der Waals surface area (Å²) in [5.41, 5.74) is 0.0731. The fraction of sp³-hybridized carbons (Fsp3) is 0.0952. The molecule has 1 atom stereocenters. The van der Waals surface area contributed by atoms with Crippen LogP contribution in [-0.4, -0.2) is 25.6 Å². The zero-order valence-corrected chi connectivity index (χ0v) is 16.3. The maximum Gasteiger partial charge on any atom is 0.344 e. The molecule has 0 aliphatic heterocycles. The molecule has 0 radical (unpaired) electrons. The van der Waals surface area contributed by atoms with Gasteiger partial charge in [0.15, 0.2) is 6.10 Å². The minimum Gasteiger partial charge on any atom is -0.479 e. The normalized spacial score (nSPS) is 12.4. The van der Waals surface area contributed by atoms with Crippen LogP contribution in [-0.2, 0) is 14.6 Å².